The van der Waals surface area contributed by atoms with Gasteiger partial charge in [0.2, 0.25) is 0 Å². The van der Waals surface area contributed by atoms with Gasteiger partial charge in [-0.1, -0.05) is 25.5 Å². The molecule has 2 rings (SSSR count). The molecule has 0 aromatic carbocycles. The van der Waals surface area contributed by atoms with Gasteiger partial charge in [0.25, 0.3) is 0 Å². The van der Waals surface area contributed by atoms with Crippen molar-refractivity contribution in [3.05, 3.63) is 35.1 Å². The van der Waals surface area contributed by atoms with E-state index in [0.717, 1.165) is 44.3 Å². The van der Waals surface area contributed by atoms with Crippen LogP contribution < -0.4 is 0 Å². The molecule has 3 atom stereocenters. The molecular weight excluding hydrogens is 286 g/mol. The summed E-state index contributed by atoms with van der Waals surface area (Å²) in [5, 5.41) is 0. The zero-order valence-electron chi connectivity index (χ0n) is 13.5. The number of allylic oxidation sites excluding steroid dienone is 5. The molecule has 0 saturated heterocycles. The van der Waals surface area contributed by atoms with Gasteiger partial charge in [-0.25, -0.2) is 8.78 Å². The molecule has 2 aliphatic carbocycles. The molecule has 0 aromatic rings. The first-order valence-corrected chi connectivity index (χ1v) is 8.31. The van der Waals surface area contributed by atoms with Crippen LogP contribution in [0.3, 0.4) is 0 Å². The number of ether oxygens (including phenoxy) is 2. The molecule has 3 unspecified atom stereocenters. The minimum absolute atomic E-state index is 0.0935. The van der Waals surface area contributed by atoms with Gasteiger partial charge in [0.1, 0.15) is 5.76 Å². The standard InChI is InChI=1S/C18H26F2O2/c1-3-5-12-22-14-8-6-13(7-9-14)15-10-11-16(21-4-2)18(20)17(15)19/h6,10-11,14,17-18H,3-5,7-9,12H2,1-2H3. The van der Waals surface area contributed by atoms with Gasteiger partial charge < -0.3 is 9.47 Å². The van der Waals surface area contributed by atoms with Gasteiger partial charge in [-0.3, -0.25) is 0 Å². The van der Waals surface area contributed by atoms with E-state index < -0.39 is 12.3 Å². The average molecular weight is 312 g/mol. The summed E-state index contributed by atoms with van der Waals surface area (Å²) >= 11 is 0. The van der Waals surface area contributed by atoms with Crippen LogP contribution >= 0.6 is 0 Å². The number of hydrogen-bond donors (Lipinski definition) is 0. The summed E-state index contributed by atoms with van der Waals surface area (Å²) in [6, 6.07) is 0. The lowest BCUT2D eigenvalue weighted by Crippen LogP contribution is -2.28. The Morgan fingerprint density at radius 2 is 2.00 bits per heavy atom. The monoisotopic (exact) mass is 312 g/mol. The molecule has 2 nitrogen and oxygen atoms in total. The van der Waals surface area contributed by atoms with Gasteiger partial charge in [0, 0.05) is 6.61 Å². The molecule has 0 saturated carbocycles. The van der Waals surface area contributed by atoms with E-state index in [9.17, 15) is 8.78 Å². The maximum absolute atomic E-state index is 14.3. The van der Waals surface area contributed by atoms with Gasteiger partial charge >= 0.3 is 0 Å². The van der Waals surface area contributed by atoms with E-state index >= 15 is 0 Å². The van der Waals surface area contributed by atoms with Crippen molar-refractivity contribution in [2.75, 3.05) is 13.2 Å². The first kappa shape index (κ1) is 17.2. The summed E-state index contributed by atoms with van der Waals surface area (Å²) in [4.78, 5) is 0. The smallest absolute Gasteiger partial charge is 0.192 e. The predicted molar refractivity (Wildman–Crippen MR) is 84.2 cm³/mol. The zero-order valence-corrected chi connectivity index (χ0v) is 13.5. The second-order valence-electron chi connectivity index (χ2n) is 5.78. The van der Waals surface area contributed by atoms with Crippen molar-refractivity contribution in [1.29, 1.82) is 0 Å². The molecule has 4 heteroatoms. The van der Waals surface area contributed by atoms with Crippen LogP contribution in [-0.4, -0.2) is 31.7 Å². The quantitative estimate of drug-likeness (QED) is 0.628. The van der Waals surface area contributed by atoms with Crippen molar-refractivity contribution in [2.24, 2.45) is 0 Å². The average Bonchev–Trinajstić information content (AvgIpc) is 2.53. The Balaban J connectivity index is 1.97. The van der Waals surface area contributed by atoms with Gasteiger partial charge in [-0.15, -0.1) is 0 Å². The lowest BCUT2D eigenvalue weighted by atomic mass is 9.86. The van der Waals surface area contributed by atoms with Gasteiger partial charge in [0.05, 0.1) is 12.7 Å². The van der Waals surface area contributed by atoms with Crippen LogP contribution in [0.25, 0.3) is 0 Å². The third-order valence-corrected chi connectivity index (χ3v) is 4.15. The van der Waals surface area contributed by atoms with Gasteiger partial charge in [-0.2, -0.15) is 0 Å². The Bertz CT molecular complexity index is 454. The lowest BCUT2D eigenvalue weighted by Gasteiger charge is -2.28. The highest BCUT2D eigenvalue weighted by Gasteiger charge is 2.34. The molecule has 22 heavy (non-hydrogen) atoms. The Morgan fingerprint density at radius 1 is 1.18 bits per heavy atom. The van der Waals surface area contributed by atoms with Crippen LogP contribution in [0.15, 0.2) is 35.1 Å². The van der Waals surface area contributed by atoms with Crippen molar-refractivity contribution < 1.29 is 18.3 Å². The number of unbranched alkanes of at least 4 members (excludes halogenated alkanes) is 1. The second-order valence-corrected chi connectivity index (χ2v) is 5.78. The van der Waals surface area contributed by atoms with Gasteiger partial charge in [-0.05, 0) is 49.8 Å². The summed E-state index contributed by atoms with van der Waals surface area (Å²) in [6.45, 7) is 5.03. The van der Waals surface area contributed by atoms with Gasteiger partial charge in [0.15, 0.2) is 12.3 Å². The van der Waals surface area contributed by atoms with Crippen LogP contribution in [0, 0.1) is 0 Å². The van der Waals surface area contributed by atoms with E-state index in [-0.39, 0.29) is 11.9 Å². The highest BCUT2D eigenvalue weighted by molar-refractivity contribution is 5.43. The normalized spacial score (nSPS) is 28.7. The van der Waals surface area contributed by atoms with E-state index in [2.05, 4.69) is 6.92 Å². The van der Waals surface area contributed by atoms with Crippen LogP contribution in [0.5, 0.6) is 0 Å². The fraction of sp³-hybridized carbons (Fsp3) is 0.667. The maximum Gasteiger partial charge on any atom is 0.192 e. The fourth-order valence-electron chi connectivity index (χ4n) is 2.85. The molecule has 0 spiro atoms. The van der Waals surface area contributed by atoms with Crippen LogP contribution in [0.1, 0.15) is 46.0 Å². The van der Waals surface area contributed by atoms with E-state index in [1.54, 1.807) is 19.1 Å². The van der Waals surface area contributed by atoms with Crippen LogP contribution in [-0.2, 0) is 9.47 Å². The molecule has 0 N–H and O–H groups in total. The molecule has 0 bridgehead atoms. The van der Waals surface area contributed by atoms with E-state index in [0.29, 0.717) is 12.2 Å². The molecule has 0 radical (unpaired) electrons. The number of hydrogen-bond acceptors (Lipinski definition) is 2. The molecule has 0 heterocycles. The summed E-state index contributed by atoms with van der Waals surface area (Å²) in [5.41, 5.74) is 1.38. The third-order valence-electron chi connectivity index (χ3n) is 4.15. The molecule has 0 aliphatic heterocycles. The maximum atomic E-state index is 14.3. The molecule has 124 valence electrons. The fourth-order valence-corrected chi connectivity index (χ4v) is 2.85. The Labute approximate surface area is 131 Å². The van der Waals surface area contributed by atoms with E-state index in [4.69, 9.17) is 9.47 Å². The van der Waals surface area contributed by atoms with Crippen LogP contribution in [0.4, 0.5) is 8.78 Å². The molecule has 2 aliphatic rings. The zero-order chi connectivity index (χ0) is 15.9. The SMILES string of the molecule is CCCCOC1CC=C(C2=CC=C(OCC)C(F)C2F)CC1. The van der Waals surface area contributed by atoms with Crippen molar-refractivity contribution in [3.63, 3.8) is 0 Å². The first-order chi connectivity index (χ1) is 10.7. The summed E-state index contributed by atoms with van der Waals surface area (Å²) in [6.07, 6.45) is 6.71. The summed E-state index contributed by atoms with van der Waals surface area (Å²) in [7, 11) is 0. The minimum atomic E-state index is -1.70. The second kappa shape index (κ2) is 8.47. The number of halogens is 2. The lowest BCUT2D eigenvalue weighted by molar-refractivity contribution is 0.0446. The first-order valence-electron chi connectivity index (χ1n) is 8.31. The molecular formula is C18H26F2O2. The number of alkyl halides is 2. The molecule has 0 fully saturated rings. The van der Waals surface area contributed by atoms with Crippen LogP contribution in [0.2, 0.25) is 0 Å². The third kappa shape index (κ3) is 4.19. The number of rotatable bonds is 7. The Hall–Kier alpha value is -1.16. The van der Waals surface area contributed by atoms with Crippen molar-refractivity contribution in [1.82, 2.24) is 0 Å². The molecule has 0 amide bonds. The highest BCUT2D eigenvalue weighted by Crippen LogP contribution is 2.35. The largest absolute Gasteiger partial charge is 0.495 e. The van der Waals surface area contributed by atoms with E-state index in [1.807, 2.05) is 6.08 Å². The predicted octanol–water partition coefficient (Wildman–Crippen LogP) is 4.82. The van der Waals surface area contributed by atoms with Crippen molar-refractivity contribution in [3.8, 4) is 0 Å². The highest BCUT2D eigenvalue weighted by atomic mass is 19.2. The van der Waals surface area contributed by atoms with E-state index in [1.165, 1.54) is 0 Å². The van der Waals surface area contributed by atoms with Crippen molar-refractivity contribution >= 4 is 0 Å². The minimum Gasteiger partial charge on any atom is -0.495 e. The Kier molecular flexibility index (Phi) is 6.62. The summed E-state index contributed by atoms with van der Waals surface area (Å²) in [5.74, 6) is 0.0935. The topological polar surface area (TPSA) is 18.5 Å². The Morgan fingerprint density at radius 3 is 2.64 bits per heavy atom. The molecule has 0 aromatic heterocycles. The van der Waals surface area contributed by atoms with Crippen molar-refractivity contribution in [2.45, 2.75) is 64.4 Å². The summed E-state index contributed by atoms with van der Waals surface area (Å²) < 4.78 is 39.3.